The standard InChI is InChI=1S/C10H15NO/c1-10(2,3)9-6-8(12-11-9)7-4-5-7/h6-7H,4-5H2,1-3H3. The van der Waals surface area contributed by atoms with Crippen LogP contribution in [0.4, 0.5) is 0 Å². The topological polar surface area (TPSA) is 26.0 Å². The molecule has 0 bridgehead atoms. The number of hydrogen-bond donors (Lipinski definition) is 0. The van der Waals surface area contributed by atoms with Crippen molar-refractivity contribution in [1.29, 1.82) is 0 Å². The van der Waals surface area contributed by atoms with E-state index in [-0.39, 0.29) is 5.41 Å². The van der Waals surface area contributed by atoms with E-state index in [9.17, 15) is 0 Å². The van der Waals surface area contributed by atoms with E-state index in [0.29, 0.717) is 5.92 Å². The van der Waals surface area contributed by atoms with Crippen molar-refractivity contribution in [1.82, 2.24) is 5.16 Å². The quantitative estimate of drug-likeness (QED) is 0.639. The molecule has 0 amide bonds. The lowest BCUT2D eigenvalue weighted by atomic mass is 9.92. The summed E-state index contributed by atoms with van der Waals surface area (Å²) in [6.45, 7) is 6.46. The summed E-state index contributed by atoms with van der Waals surface area (Å²) in [5.74, 6) is 1.76. The number of rotatable bonds is 1. The summed E-state index contributed by atoms with van der Waals surface area (Å²) in [5.41, 5.74) is 1.20. The Morgan fingerprint density at radius 1 is 1.42 bits per heavy atom. The molecule has 66 valence electrons. The molecular weight excluding hydrogens is 150 g/mol. The lowest BCUT2D eigenvalue weighted by molar-refractivity contribution is 0.365. The minimum absolute atomic E-state index is 0.122. The molecule has 0 atom stereocenters. The van der Waals surface area contributed by atoms with Gasteiger partial charge in [-0.2, -0.15) is 0 Å². The maximum absolute atomic E-state index is 5.27. The molecule has 2 heteroatoms. The molecule has 1 aromatic rings. The number of hydrogen-bond acceptors (Lipinski definition) is 2. The van der Waals surface area contributed by atoms with Gasteiger partial charge in [0.2, 0.25) is 0 Å². The van der Waals surface area contributed by atoms with Crippen molar-refractivity contribution in [2.45, 2.75) is 44.9 Å². The van der Waals surface area contributed by atoms with E-state index < -0.39 is 0 Å². The fourth-order valence-electron chi connectivity index (χ4n) is 1.20. The zero-order chi connectivity index (χ0) is 8.77. The van der Waals surface area contributed by atoms with E-state index in [2.05, 4.69) is 32.0 Å². The maximum atomic E-state index is 5.27. The molecule has 0 unspecified atom stereocenters. The van der Waals surface area contributed by atoms with E-state index >= 15 is 0 Å². The van der Waals surface area contributed by atoms with E-state index in [1.165, 1.54) is 12.8 Å². The highest BCUT2D eigenvalue weighted by Crippen LogP contribution is 2.41. The van der Waals surface area contributed by atoms with Crippen molar-refractivity contribution in [2.75, 3.05) is 0 Å². The molecule has 0 spiro atoms. The van der Waals surface area contributed by atoms with E-state index in [4.69, 9.17) is 4.52 Å². The molecule has 1 fully saturated rings. The third kappa shape index (κ3) is 1.38. The van der Waals surface area contributed by atoms with Gasteiger partial charge in [0.1, 0.15) is 5.76 Å². The molecule has 0 aliphatic heterocycles. The first kappa shape index (κ1) is 7.84. The highest BCUT2D eigenvalue weighted by Gasteiger charge is 2.29. The van der Waals surface area contributed by atoms with Crippen LogP contribution in [0.2, 0.25) is 0 Å². The Bertz CT molecular complexity index is 278. The molecule has 1 aliphatic rings. The van der Waals surface area contributed by atoms with Crippen molar-refractivity contribution in [2.24, 2.45) is 0 Å². The maximum Gasteiger partial charge on any atom is 0.140 e. The van der Waals surface area contributed by atoms with Crippen LogP contribution in [-0.4, -0.2) is 5.16 Å². The molecule has 0 N–H and O–H groups in total. The second-order valence-electron chi connectivity index (χ2n) is 4.64. The molecule has 0 radical (unpaired) electrons. The van der Waals surface area contributed by atoms with Gasteiger partial charge in [-0.05, 0) is 12.8 Å². The number of nitrogens with zero attached hydrogens (tertiary/aromatic N) is 1. The Hall–Kier alpha value is -0.790. The molecule has 2 nitrogen and oxygen atoms in total. The van der Waals surface area contributed by atoms with Gasteiger partial charge in [0, 0.05) is 17.4 Å². The van der Waals surface area contributed by atoms with Crippen LogP contribution in [0.5, 0.6) is 0 Å². The number of aromatic nitrogens is 1. The summed E-state index contributed by atoms with van der Waals surface area (Å²) < 4.78 is 5.27. The van der Waals surface area contributed by atoms with Crippen LogP contribution in [0.1, 0.15) is 51.0 Å². The van der Waals surface area contributed by atoms with Crippen LogP contribution in [0.3, 0.4) is 0 Å². The van der Waals surface area contributed by atoms with Crippen LogP contribution in [-0.2, 0) is 5.41 Å². The van der Waals surface area contributed by atoms with Crippen molar-refractivity contribution in [3.63, 3.8) is 0 Å². The van der Waals surface area contributed by atoms with E-state index in [1.54, 1.807) is 0 Å². The van der Waals surface area contributed by atoms with Gasteiger partial charge in [-0.25, -0.2) is 0 Å². The van der Waals surface area contributed by atoms with Gasteiger partial charge >= 0.3 is 0 Å². The zero-order valence-electron chi connectivity index (χ0n) is 7.92. The fourth-order valence-corrected chi connectivity index (χ4v) is 1.20. The Kier molecular flexibility index (Phi) is 1.53. The monoisotopic (exact) mass is 165 g/mol. The predicted molar refractivity (Wildman–Crippen MR) is 47.2 cm³/mol. The van der Waals surface area contributed by atoms with Crippen LogP contribution in [0, 0.1) is 0 Å². The van der Waals surface area contributed by atoms with Gasteiger partial charge in [-0.1, -0.05) is 25.9 Å². The van der Waals surface area contributed by atoms with Gasteiger partial charge in [0.15, 0.2) is 0 Å². The molecular formula is C10H15NO. The summed E-state index contributed by atoms with van der Waals surface area (Å²) >= 11 is 0. The van der Waals surface area contributed by atoms with Crippen LogP contribution >= 0.6 is 0 Å². The van der Waals surface area contributed by atoms with Crippen LogP contribution in [0.15, 0.2) is 10.6 Å². The van der Waals surface area contributed by atoms with Gasteiger partial charge in [-0.15, -0.1) is 0 Å². The largest absolute Gasteiger partial charge is 0.361 e. The summed E-state index contributed by atoms with van der Waals surface area (Å²) in [6.07, 6.45) is 2.55. The predicted octanol–water partition coefficient (Wildman–Crippen LogP) is 2.85. The Morgan fingerprint density at radius 3 is 2.50 bits per heavy atom. The second kappa shape index (κ2) is 2.35. The highest BCUT2D eigenvalue weighted by molar-refractivity contribution is 5.19. The van der Waals surface area contributed by atoms with Crippen molar-refractivity contribution in [3.8, 4) is 0 Å². The van der Waals surface area contributed by atoms with E-state index in [0.717, 1.165) is 11.5 Å². The Balaban J connectivity index is 2.23. The van der Waals surface area contributed by atoms with Crippen molar-refractivity contribution in [3.05, 3.63) is 17.5 Å². The molecule has 1 heterocycles. The SMILES string of the molecule is CC(C)(C)c1cc(C2CC2)on1. The highest BCUT2D eigenvalue weighted by atomic mass is 16.5. The second-order valence-corrected chi connectivity index (χ2v) is 4.64. The van der Waals surface area contributed by atoms with Gasteiger partial charge in [0.05, 0.1) is 5.69 Å². The first-order valence-corrected chi connectivity index (χ1v) is 4.54. The Morgan fingerprint density at radius 2 is 2.08 bits per heavy atom. The molecule has 2 rings (SSSR count). The first-order chi connectivity index (χ1) is 5.57. The van der Waals surface area contributed by atoms with Gasteiger partial charge < -0.3 is 4.52 Å². The van der Waals surface area contributed by atoms with Crippen molar-refractivity contribution < 1.29 is 4.52 Å². The lowest BCUT2D eigenvalue weighted by Gasteiger charge is -2.12. The molecule has 12 heavy (non-hydrogen) atoms. The van der Waals surface area contributed by atoms with Gasteiger partial charge in [0.25, 0.3) is 0 Å². The molecule has 0 saturated heterocycles. The third-order valence-electron chi connectivity index (χ3n) is 2.28. The summed E-state index contributed by atoms with van der Waals surface area (Å²) in [6, 6.07) is 2.11. The molecule has 1 aromatic heterocycles. The average Bonchev–Trinajstić information content (AvgIpc) is 2.66. The minimum Gasteiger partial charge on any atom is -0.361 e. The summed E-state index contributed by atoms with van der Waals surface area (Å²) in [7, 11) is 0. The minimum atomic E-state index is 0.122. The molecule has 1 aliphatic carbocycles. The summed E-state index contributed by atoms with van der Waals surface area (Å²) in [4.78, 5) is 0. The van der Waals surface area contributed by atoms with Crippen LogP contribution in [0.25, 0.3) is 0 Å². The van der Waals surface area contributed by atoms with Gasteiger partial charge in [-0.3, -0.25) is 0 Å². The average molecular weight is 165 g/mol. The normalized spacial score (nSPS) is 18.2. The van der Waals surface area contributed by atoms with E-state index in [1.807, 2.05) is 0 Å². The Labute approximate surface area is 72.9 Å². The van der Waals surface area contributed by atoms with Crippen molar-refractivity contribution >= 4 is 0 Å². The zero-order valence-corrected chi connectivity index (χ0v) is 7.92. The first-order valence-electron chi connectivity index (χ1n) is 4.54. The third-order valence-corrected chi connectivity index (χ3v) is 2.28. The molecule has 1 saturated carbocycles. The smallest absolute Gasteiger partial charge is 0.140 e. The molecule has 0 aromatic carbocycles. The van der Waals surface area contributed by atoms with Crippen LogP contribution < -0.4 is 0 Å². The fraction of sp³-hybridized carbons (Fsp3) is 0.700. The lowest BCUT2D eigenvalue weighted by Crippen LogP contribution is -2.10. The summed E-state index contributed by atoms with van der Waals surface area (Å²) in [5, 5.41) is 4.07.